The zero-order valence-corrected chi connectivity index (χ0v) is 11.5. The first-order valence-electron chi connectivity index (χ1n) is 5.92. The summed E-state index contributed by atoms with van der Waals surface area (Å²) in [6, 6.07) is 8.00. The summed E-state index contributed by atoms with van der Waals surface area (Å²) in [6.45, 7) is 0. The van der Waals surface area contributed by atoms with Gasteiger partial charge >= 0.3 is 0 Å². The molecular weight excluding hydrogens is 258 g/mol. The van der Waals surface area contributed by atoms with Crippen molar-refractivity contribution in [2.45, 2.75) is 18.0 Å². The molecule has 2 N–H and O–H groups in total. The summed E-state index contributed by atoms with van der Waals surface area (Å²) < 4.78 is 0. The molecule has 1 heterocycles. The Bertz CT molecular complexity index is 569. The summed E-state index contributed by atoms with van der Waals surface area (Å²) in [5.41, 5.74) is 8.27. The third-order valence-corrected chi connectivity index (χ3v) is 3.31. The number of carbonyl (C=O) groups excluding carboxylic acids is 1. The van der Waals surface area contributed by atoms with Gasteiger partial charge in [-0.2, -0.15) is 0 Å². The van der Waals surface area contributed by atoms with Gasteiger partial charge in [-0.1, -0.05) is 36.0 Å². The summed E-state index contributed by atoms with van der Waals surface area (Å²) in [7, 11) is 0. The Hall–Kier alpha value is -1.88. The van der Waals surface area contributed by atoms with Crippen LogP contribution in [0.25, 0.3) is 11.1 Å². The molecule has 0 fully saturated rings. The summed E-state index contributed by atoms with van der Waals surface area (Å²) >= 11 is 1.51. The lowest BCUT2D eigenvalue weighted by Crippen LogP contribution is -2.11. The highest BCUT2D eigenvalue weighted by molar-refractivity contribution is 7.98. The van der Waals surface area contributed by atoms with Crippen LogP contribution in [0.2, 0.25) is 0 Å². The number of hydrogen-bond donors (Lipinski definition) is 1. The van der Waals surface area contributed by atoms with Crippen molar-refractivity contribution in [3.63, 3.8) is 0 Å². The average molecular weight is 273 g/mol. The Labute approximate surface area is 116 Å². The lowest BCUT2D eigenvalue weighted by molar-refractivity contribution is -0.117. The number of aryl methyl sites for hydroxylation is 1. The molecule has 4 nitrogen and oxygen atoms in total. The molecule has 0 saturated heterocycles. The first-order valence-corrected chi connectivity index (χ1v) is 7.15. The van der Waals surface area contributed by atoms with E-state index in [0.717, 1.165) is 21.8 Å². The standard InChI is InChI=1S/C14H15N3OS/c1-19-14-16-8-12(9-17-14)11-4-2-3-10(7-11)5-6-13(15)18/h2-4,7-9H,5-6H2,1H3,(H2,15,18). The quantitative estimate of drug-likeness (QED) is 0.670. The number of hydrogen-bond acceptors (Lipinski definition) is 4. The van der Waals surface area contributed by atoms with Gasteiger partial charge in [0.1, 0.15) is 0 Å². The van der Waals surface area contributed by atoms with Gasteiger partial charge in [-0.25, -0.2) is 9.97 Å². The molecular formula is C14H15N3OS. The maximum absolute atomic E-state index is 10.8. The van der Waals surface area contributed by atoms with Crippen LogP contribution in [0.4, 0.5) is 0 Å². The molecule has 0 aliphatic heterocycles. The van der Waals surface area contributed by atoms with Crippen molar-refractivity contribution in [2.24, 2.45) is 5.73 Å². The van der Waals surface area contributed by atoms with Crippen LogP contribution in [0, 0.1) is 0 Å². The first-order chi connectivity index (χ1) is 9.19. The maximum Gasteiger partial charge on any atom is 0.217 e. The second-order valence-corrected chi connectivity index (χ2v) is 4.90. The summed E-state index contributed by atoms with van der Waals surface area (Å²) in [4.78, 5) is 19.3. The Kier molecular flexibility index (Phi) is 4.52. The van der Waals surface area contributed by atoms with E-state index in [0.29, 0.717) is 12.8 Å². The topological polar surface area (TPSA) is 68.9 Å². The fourth-order valence-electron chi connectivity index (χ4n) is 1.74. The van der Waals surface area contributed by atoms with E-state index in [-0.39, 0.29) is 5.91 Å². The second kappa shape index (κ2) is 6.33. The van der Waals surface area contributed by atoms with Crippen molar-refractivity contribution in [1.82, 2.24) is 9.97 Å². The van der Waals surface area contributed by atoms with Gasteiger partial charge in [-0.3, -0.25) is 4.79 Å². The minimum Gasteiger partial charge on any atom is -0.370 e. The molecule has 0 aliphatic carbocycles. The molecule has 5 heteroatoms. The number of carbonyl (C=O) groups is 1. The van der Waals surface area contributed by atoms with Crippen LogP contribution in [0.3, 0.4) is 0 Å². The zero-order valence-electron chi connectivity index (χ0n) is 10.7. The van der Waals surface area contributed by atoms with Gasteiger partial charge in [0, 0.05) is 24.4 Å². The largest absolute Gasteiger partial charge is 0.370 e. The van der Waals surface area contributed by atoms with Gasteiger partial charge in [0.05, 0.1) is 0 Å². The molecule has 0 saturated carbocycles. The van der Waals surface area contributed by atoms with E-state index < -0.39 is 0 Å². The van der Waals surface area contributed by atoms with Crippen molar-refractivity contribution < 1.29 is 4.79 Å². The van der Waals surface area contributed by atoms with Crippen molar-refractivity contribution in [1.29, 1.82) is 0 Å². The van der Waals surface area contributed by atoms with Gasteiger partial charge in [0.15, 0.2) is 5.16 Å². The van der Waals surface area contributed by atoms with E-state index in [2.05, 4.69) is 9.97 Å². The average Bonchev–Trinajstić information content (AvgIpc) is 2.45. The van der Waals surface area contributed by atoms with Crippen LogP contribution in [-0.2, 0) is 11.2 Å². The fraction of sp³-hybridized carbons (Fsp3) is 0.214. The predicted octanol–water partition coefficient (Wildman–Crippen LogP) is 2.28. The summed E-state index contributed by atoms with van der Waals surface area (Å²) in [5.74, 6) is -0.280. The summed E-state index contributed by atoms with van der Waals surface area (Å²) in [6.07, 6.45) is 6.59. The number of rotatable bonds is 5. The van der Waals surface area contributed by atoms with Gasteiger partial charge in [-0.05, 0) is 23.8 Å². The molecule has 0 spiro atoms. The van der Waals surface area contributed by atoms with Crippen LogP contribution < -0.4 is 5.73 Å². The van der Waals surface area contributed by atoms with Gasteiger partial charge in [-0.15, -0.1) is 0 Å². The molecule has 1 aromatic carbocycles. The lowest BCUT2D eigenvalue weighted by Gasteiger charge is -2.05. The van der Waals surface area contributed by atoms with Crippen LogP contribution in [0.5, 0.6) is 0 Å². The number of thioether (sulfide) groups is 1. The fourth-order valence-corrected chi connectivity index (χ4v) is 2.06. The second-order valence-electron chi connectivity index (χ2n) is 4.13. The molecule has 1 amide bonds. The highest BCUT2D eigenvalue weighted by atomic mass is 32.2. The third kappa shape index (κ3) is 3.79. The highest BCUT2D eigenvalue weighted by Gasteiger charge is 2.03. The van der Waals surface area contributed by atoms with E-state index in [9.17, 15) is 4.79 Å². The van der Waals surface area contributed by atoms with Gasteiger partial charge in [0.2, 0.25) is 5.91 Å². The van der Waals surface area contributed by atoms with E-state index in [1.54, 1.807) is 0 Å². The minimum absolute atomic E-state index is 0.280. The van der Waals surface area contributed by atoms with Gasteiger partial charge in [0.25, 0.3) is 0 Å². The Balaban J connectivity index is 2.19. The molecule has 0 atom stereocenters. The molecule has 0 radical (unpaired) electrons. The molecule has 1 aromatic heterocycles. The molecule has 98 valence electrons. The van der Waals surface area contributed by atoms with E-state index >= 15 is 0 Å². The SMILES string of the molecule is CSc1ncc(-c2cccc(CCC(N)=O)c2)cn1. The number of aromatic nitrogens is 2. The number of primary amides is 1. The van der Waals surface area contributed by atoms with Crippen LogP contribution in [-0.4, -0.2) is 22.1 Å². The molecule has 2 aromatic rings. The van der Waals surface area contributed by atoms with Crippen LogP contribution in [0.15, 0.2) is 41.8 Å². The molecule has 0 aliphatic rings. The molecule has 0 bridgehead atoms. The predicted molar refractivity (Wildman–Crippen MR) is 76.8 cm³/mol. The Morgan fingerprint density at radius 3 is 2.63 bits per heavy atom. The summed E-state index contributed by atoms with van der Waals surface area (Å²) in [5, 5.41) is 0.758. The monoisotopic (exact) mass is 273 g/mol. The first kappa shape index (κ1) is 13.5. The number of amides is 1. The third-order valence-electron chi connectivity index (χ3n) is 2.73. The minimum atomic E-state index is -0.280. The normalized spacial score (nSPS) is 10.4. The maximum atomic E-state index is 10.8. The van der Waals surface area contributed by atoms with E-state index in [1.807, 2.05) is 42.9 Å². The number of benzene rings is 1. The smallest absolute Gasteiger partial charge is 0.217 e. The molecule has 0 unspecified atom stereocenters. The number of nitrogens with zero attached hydrogens (tertiary/aromatic N) is 2. The van der Waals surface area contributed by atoms with E-state index in [4.69, 9.17) is 5.73 Å². The van der Waals surface area contributed by atoms with Crippen molar-refractivity contribution >= 4 is 17.7 Å². The number of nitrogens with two attached hydrogens (primary N) is 1. The Morgan fingerprint density at radius 2 is 2.00 bits per heavy atom. The van der Waals surface area contributed by atoms with Gasteiger partial charge < -0.3 is 5.73 Å². The Morgan fingerprint density at radius 1 is 1.26 bits per heavy atom. The zero-order chi connectivity index (χ0) is 13.7. The van der Waals surface area contributed by atoms with Crippen LogP contribution in [0.1, 0.15) is 12.0 Å². The lowest BCUT2D eigenvalue weighted by atomic mass is 10.0. The van der Waals surface area contributed by atoms with Crippen molar-refractivity contribution in [2.75, 3.05) is 6.26 Å². The molecule has 19 heavy (non-hydrogen) atoms. The van der Waals surface area contributed by atoms with Crippen LogP contribution >= 0.6 is 11.8 Å². The van der Waals surface area contributed by atoms with E-state index in [1.165, 1.54) is 11.8 Å². The molecule has 2 rings (SSSR count). The highest BCUT2D eigenvalue weighted by Crippen LogP contribution is 2.20. The van der Waals surface area contributed by atoms with Crippen molar-refractivity contribution in [3.05, 3.63) is 42.2 Å². The van der Waals surface area contributed by atoms with Crippen molar-refractivity contribution in [3.8, 4) is 11.1 Å².